The highest BCUT2D eigenvalue weighted by molar-refractivity contribution is 7.86. The molecule has 0 spiro atoms. The van der Waals surface area contributed by atoms with E-state index in [4.69, 9.17) is 8.92 Å². The number of aromatic nitrogens is 1. The molecule has 0 aliphatic carbocycles. The summed E-state index contributed by atoms with van der Waals surface area (Å²) in [6.07, 6.45) is 0.561. The molecule has 2 atom stereocenters. The van der Waals surface area contributed by atoms with E-state index in [2.05, 4.69) is 0 Å². The van der Waals surface area contributed by atoms with Crippen molar-refractivity contribution in [1.29, 1.82) is 0 Å². The Morgan fingerprint density at radius 1 is 0.923 bits per heavy atom. The van der Waals surface area contributed by atoms with Crippen molar-refractivity contribution in [3.05, 3.63) is 120 Å². The number of halogens is 1. The zero-order chi connectivity index (χ0) is 27.6. The van der Waals surface area contributed by atoms with Crippen LogP contribution < -0.4 is 4.74 Å². The van der Waals surface area contributed by atoms with Crippen molar-refractivity contribution in [1.82, 2.24) is 4.57 Å². The van der Waals surface area contributed by atoms with Crippen LogP contribution in [-0.2, 0) is 14.3 Å². The highest BCUT2D eigenvalue weighted by Crippen LogP contribution is 2.36. The van der Waals surface area contributed by atoms with Crippen LogP contribution in [0.5, 0.6) is 5.75 Å². The third-order valence-electron chi connectivity index (χ3n) is 6.70. The van der Waals surface area contributed by atoms with E-state index in [0.717, 1.165) is 33.3 Å². The number of rotatable bonds is 9. The van der Waals surface area contributed by atoms with Crippen molar-refractivity contribution in [2.45, 2.75) is 24.0 Å². The second-order valence-electron chi connectivity index (χ2n) is 9.31. The Morgan fingerprint density at radius 3 is 2.33 bits per heavy atom. The molecule has 2 unspecified atom stereocenters. The number of hydrogen-bond acceptors (Lipinski definition) is 5. The van der Waals surface area contributed by atoms with Crippen molar-refractivity contribution in [3.8, 4) is 16.9 Å². The minimum Gasteiger partial charge on any atom is -0.497 e. The van der Waals surface area contributed by atoms with Crippen LogP contribution in [0.25, 0.3) is 22.0 Å². The summed E-state index contributed by atoms with van der Waals surface area (Å²) in [7, 11) is -2.52. The summed E-state index contributed by atoms with van der Waals surface area (Å²) < 4.78 is 52.5. The van der Waals surface area contributed by atoms with Gasteiger partial charge in [-0.05, 0) is 60.5 Å². The number of aliphatic hydroxyl groups excluding tert-OH is 1. The van der Waals surface area contributed by atoms with Gasteiger partial charge in [0.2, 0.25) is 0 Å². The molecule has 0 fully saturated rings. The van der Waals surface area contributed by atoms with Crippen molar-refractivity contribution < 1.29 is 26.8 Å². The molecule has 1 aromatic heterocycles. The largest absolute Gasteiger partial charge is 0.497 e. The summed E-state index contributed by atoms with van der Waals surface area (Å²) in [5.74, 6) is 0.257. The number of benzene rings is 4. The quantitative estimate of drug-likeness (QED) is 0.226. The maximum atomic E-state index is 14.4. The number of aryl methyl sites for hydroxylation is 1. The number of hydrogen-bond donors (Lipinski definition) is 1. The normalized spacial score (nSPS) is 13.3. The molecule has 0 aliphatic heterocycles. The van der Waals surface area contributed by atoms with Gasteiger partial charge >= 0.3 is 0 Å². The van der Waals surface area contributed by atoms with Crippen LogP contribution in [0.2, 0.25) is 0 Å². The molecule has 5 aromatic rings. The van der Waals surface area contributed by atoms with E-state index in [0.29, 0.717) is 5.56 Å². The Balaban J connectivity index is 1.56. The van der Waals surface area contributed by atoms with Crippen LogP contribution in [0.1, 0.15) is 17.2 Å². The van der Waals surface area contributed by atoms with Crippen LogP contribution in [-0.4, -0.2) is 37.9 Å². The maximum absolute atomic E-state index is 14.4. The molecule has 6 nitrogen and oxygen atoms in total. The molecular formula is C31H28FNO5S. The zero-order valence-electron chi connectivity index (χ0n) is 21.5. The summed E-state index contributed by atoms with van der Waals surface area (Å²) in [6, 6.07) is 26.6. The van der Waals surface area contributed by atoms with Gasteiger partial charge in [-0.15, -0.1) is 0 Å². The lowest BCUT2D eigenvalue weighted by Gasteiger charge is -2.26. The van der Waals surface area contributed by atoms with Gasteiger partial charge in [0.05, 0.1) is 24.7 Å². The van der Waals surface area contributed by atoms with Crippen LogP contribution in [0.3, 0.4) is 0 Å². The Morgan fingerprint density at radius 2 is 1.64 bits per heavy atom. The van der Waals surface area contributed by atoms with Gasteiger partial charge in [-0.3, -0.25) is 4.18 Å². The molecule has 1 heterocycles. The summed E-state index contributed by atoms with van der Waals surface area (Å²) in [5.41, 5.74) is 4.00. The lowest BCUT2D eigenvalue weighted by Crippen LogP contribution is -2.30. The molecule has 0 aliphatic rings. The molecule has 0 bridgehead atoms. The topological polar surface area (TPSA) is 77.8 Å². The first-order valence-electron chi connectivity index (χ1n) is 12.4. The summed E-state index contributed by atoms with van der Waals surface area (Å²) in [6.45, 7) is 1.33. The van der Waals surface area contributed by atoms with E-state index in [1.54, 1.807) is 31.4 Å². The first-order chi connectivity index (χ1) is 18.8. The van der Waals surface area contributed by atoms with Crippen LogP contribution in [0.15, 0.2) is 108 Å². The molecule has 1 N–H and O–H groups in total. The monoisotopic (exact) mass is 545 g/mol. The average Bonchev–Trinajstić information content (AvgIpc) is 3.32. The highest BCUT2D eigenvalue weighted by atomic mass is 32.2. The van der Waals surface area contributed by atoms with Gasteiger partial charge in [-0.25, -0.2) is 4.39 Å². The van der Waals surface area contributed by atoms with E-state index in [9.17, 15) is 17.9 Å². The zero-order valence-corrected chi connectivity index (χ0v) is 22.3. The van der Waals surface area contributed by atoms with Crippen molar-refractivity contribution in [2.24, 2.45) is 0 Å². The fourth-order valence-electron chi connectivity index (χ4n) is 4.72. The fourth-order valence-corrected chi connectivity index (χ4v) is 5.64. The summed E-state index contributed by atoms with van der Waals surface area (Å²) in [4.78, 5) is -0.00388. The van der Waals surface area contributed by atoms with Crippen molar-refractivity contribution in [3.63, 3.8) is 0 Å². The third-order valence-corrected chi connectivity index (χ3v) is 8.00. The smallest absolute Gasteiger partial charge is 0.297 e. The van der Waals surface area contributed by atoms with Crippen LogP contribution >= 0.6 is 0 Å². The van der Waals surface area contributed by atoms with Crippen molar-refractivity contribution >= 4 is 21.0 Å². The number of fused-ring (bicyclic) bond motifs is 1. The molecule has 39 heavy (non-hydrogen) atoms. The van der Waals surface area contributed by atoms with E-state index in [-0.39, 0.29) is 4.90 Å². The number of ether oxygens (including phenoxy) is 1. The Labute approximate surface area is 227 Å². The SMILES string of the molecule is COc1ccc(-c2cn(C(c3cccc(F)c3)C(O)COS(=O)(=O)c3ccc(C)cc3)c3ccccc23)cc1. The molecule has 5 rings (SSSR count). The minimum atomic E-state index is -4.12. The van der Waals surface area contributed by atoms with Crippen molar-refractivity contribution in [2.75, 3.05) is 13.7 Å². The van der Waals surface area contributed by atoms with Gasteiger partial charge < -0.3 is 14.4 Å². The first kappa shape index (κ1) is 26.6. The number of nitrogens with zero attached hydrogens (tertiary/aromatic N) is 1. The van der Waals surface area contributed by atoms with E-state index in [1.165, 1.54) is 24.3 Å². The summed E-state index contributed by atoms with van der Waals surface area (Å²) in [5, 5.41) is 12.3. The number of para-hydroxylation sites is 1. The van der Waals surface area contributed by atoms with Gasteiger partial charge in [0.1, 0.15) is 17.7 Å². The van der Waals surface area contributed by atoms with Gasteiger partial charge in [0.25, 0.3) is 10.1 Å². The van der Waals surface area contributed by atoms with E-state index in [1.807, 2.05) is 66.2 Å². The highest BCUT2D eigenvalue weighted by Gasteiger charge is 2.28. The predicted octanol–water partition coefficient (Wildman–Crippen LogP) is 6.12. The summed E-state index contributed by atoms with van der Waals surface area (Å²) >= 11 is 0. The Bertz CT molecular complexity index is 1700. The van der Waals surface area contributed by atoms with E-state index >= 15 is 0 Å². The first-order valence-corrected chi connectivity index (χ1v) is 13.8. The van der Waals surface area contributed by atoms with Gasteiger partial charge in [0.15, 0.2) is 0 Å². The van der Waals surface area contributed by atoms with Crippen LogP contribution in [0, 0.1) is 12.7 Å². The molecular weight excluding hydrogens is 517 g/mol. The fraction of sp³-hybridized carbons (Fsp3) is 0.161. The lowest BCUT2D eigenvalue weighted by molar-refractivity contribution is 0.0784. The standard InChI is InChI=1S/C31H28FNO5S/c1-21-10-16-26(17-11-21)39(35,36)38-20-30(34)31(23-6-5-7-24(32)18-23)33-19-28(27-8-3-4-9-29(27)33)22-12-14-25(37-2)15-13-22/h3-19,30-31,34H,20H2,1-2H3. The predicted molar refractivity (Wildman–Crippen MR) is 149 cm³/mol. The van der Waals surface area contributed by atoms with E-state index < -0.39 is 34.7 Å². The second kappa shape index (κ2) is 11.0. The van der Waals surface area contributed by atoms with Gasteiger partial charge in [-0.1, -0.05) is 60.2 Å². The molecule has 0 amide bonds. The number of methoxy groups -OCH3 is 1. The number of aliphatic hydroxyl groups is 1. The molecule has 200 valence electrons. The second-order valence-corrected chi connectivity index (χ2v) is 10.9. The minimum absolute atomic E-state index is 0.00388. The molecule has 0 saturated heterocycles. The third kappa shape index (κ3) is 5.59. The molecule has 8 heteroatoms. The Hall–Kier alpha value is -3.98. The Kier molecular flexibility index (Phi) is 7.52. The van der Waals surface area contributed by atoms with Crippen LogP contribution in [0.4, 0.5) is 4.39 Å². The average molecular weight is 546 g/mol. The van der Waals surface area contributed by atoms with Gasteiger partial charge in [0, 0.05) is 22.7 Å². The maximum Gasteiger partial charge on any atom is 0.297 e. The molecule has 0 saturated carbocycles. The molecule has 4 aromatic carbocycles. The van der Waals surface area contributed by atoms with Gasteiger partial charge in [-0.2, -0.15) is 8.42 Å². The molecule has 0 radical (unpaired) electrons. The lowest BCUT2D eigenvalue weighted by atomic mass is 10.0.